The van der Waals surface area contributed by atoms with E-state index in [1.54, 1.807) is 19.1 Å². The van der Waals surface area contributed by atoms with Gasteiger partial charge in [0.2, 0.25) is 0 Å². The van der Waals surface area contributed by atoms with Crippen molar-refractivity contribution in [2.24, 2.45) is 11.3 Å². The minimum absolute atomic E-state index is 0.0127. The van der Waals surface area contributed by atoms with Gasteiger partial charge in [-0.25, -0.2) is 0 Å². The van der Waals surface area contributed by atoms with Crippen LogP contribution in [0.1, 0.15) is 40.5 Å². The second-order valence-electron chi connectivity index (χ2n) is 5.80. The van der Waals surface area contributed by atoms with Crippen molar-refractivity contribution in [1.82, 2.24) is 0 Å². The molecule has 0 aromatic carbocycles. The third-order valence-electron chi connectivity index (χ3n) is 3.84. The van der Waals surface area contributed by atoms with Crippen LogP contribution in [0.4, 0.5) is 0 Å². The van der Waals surface area contributed by atoms with Crippen molar-refractivity contribution in [3.8, 4) is 0 Å². The van der Waals surface area contributed by atoms with E-state index in [1.165, 1.54) is 0 Å². The minimum atomic E-state index is -0.955. The molecule has 0 radical (unpaired) electrons. The SMILES string of the molecule is C[C@H](O)/C=C/[C@@]1(O)[C@H](C)C[C@H](O)CC1(C)C. The Morgan fingerprint density at radius 2 is 1.94 bits per heavy atom. The molecule has 1 saturated carbocycles. The molecular formula is C13H24O3. The fourth-order valence-electron chi connectivity index (χ4n) is 2.77. The summed E-state index contributed by atoms with van der Waals surface area (Å²) in [6.07, 6.45) is 3.61. The third-order valence-corrected chi connectivity index (χ3v) is 3.84. The largest absolute Gasteiger partial charge is 0.393 e. The van der Waals surface area contributed by atoms with Gasteiger partial charge in [0.1, 0.15) is 0 Å². The maximum atomic E-state index is 10.7. The Labute approximate surface area is 97.8 Å². The Kier molecular flexibility index (Phi) is 3.83. The van der Waals surface area contributed by atoms with Crippen molar-refractivity contribution in [1.29, 1.82) is 0 Å². The van der Waals surface area contributed by atoms with Gasteiger partial charge in [-0.05, 0) is 31.1 Å². The summed E-state index contributed by atoms with van der Waals surface area (Å²) in [5.74, 6) is -0.0127. The molecule has 16 heavy (non-hydrogen) atoms. The quantitative estimate of drug-likeness (QED) is 0.627. The molecule has 0 aliphatic heterocycles. The highest BCUT2D eigenvalue weighted by Crippen LogP contribution is 2.47. The summed E-state index contributed by atoms with van der Waals surface area (Å²) in [6, 6.07) is 0. The molecule has 3 nitrogen and oxygen atoms in total. The van der Waals surface area contributed by atoms with Gasteiger partial charge in [-0.2, -0.15) is 0 Å². The van der Waals surface area contributed by atoms with Gasteiger partial charge in [-0.3, -0.25) is 0 Å². The zero-order chi connectivity index (χ0) is 12.6. The molecule has 0 bridgehead atoms. The van der Waals surface area contributed by atoms with Crippen LogP contribution in [0.2, 0.25) is 0 Å². The van der Waals surface area contributed by atoms with Crippen LogP contribution in [-0.2, 0) is 0 Å². The van der Waals surface area contributed by atoms with Gasteiger partial charge in [0.25, 0.3) is 0 Å². The van der Waals surface area contributed by atoms with E-state index in [0.717, 1.165) is 0 Å². The van der Waals surface area contributed by atoms with Crippen LogP contribution in [-0.4, -0.2) is 33.1 Å². The van der Waals surface area contributed by atoms with E-state index in [2.05, 4.69) is 0 Å². The van der Waals surface area contributed by atoms with Crippen LogP contribution in [0.5, 0.6) is 0 Å². The zero-order valence-electron chi connectivity index (χ0n) is 10.6. The van der Waals surface area contributed by atoms with Crippen molar-refractivity contribution < 1.29 is 15.3 Å². The molecule has 1 rings (SSSR count). The van der Waals surface area contributed by atoms with Crippen molar-refractivity contribution in [3.63, 3.8) is 0 Å². The first-order valence-electron chi connectivity index (χ1n) is 5.97. The van der Waals surface area contributed by atoms with E-state index in [4.69, 9.17) is 0 Å². The maximum absolute atomic E-state index is 10.7. The van der Waals surface area contributed by atoms with Gasteiger partial charge in [-0.1, -0.05) is 32.9 Å². The summed E-state index contributed by atoms with van der Waals surface area (Å²) in [6.45, 7) is 7.52. The Balaban J connectivity index is 2.98. The molecule has 0 unspecified atom stereocenters. The molecule has 1 aliphatic carbocycles. The lowest BCUT2D eigenvalue weighted by atomic mass is 9.60. The number of aliphatic hydroxyl groups is 3. The monoisotopic (exact) mass is 228 g/mol. The molecule has 94 valence electrons. The molecule has 4 atom stereocenters. The maximum Gasteiger partial charge on any atom is 0.0906 e. The first kappa shape index (κ1) is 13.7. The van der Waals surface area contributed by atoms with E-state index in [1.807, 2.05) is 20.8 Å². The van der Waals surface area contributed by atoms with Crippen LogP contribution >= 0.6 is 0 Å². The Morgan fingerprint density at radius 1 is 1.38 bits per heavy atom. The lowest BCUT2D eigenvalue weighted by molar-refractivity contribution is -0.127. The second kappa shape index (κ2) is 4.47. The molecule has 0 heterocycles. The molecular weight excluding hydrogens is 204 g/mol. The van der Waals surface area contributed by atoms with E-state index in [9.17, 15) is 15.3 Å². The first-order valence-corrected chi connectivity index (χ1v) is 5.97. The summed E-state index contributed by atoms with van der Waals surface area (Å²) in [4.78, 5) is 0. The second-order valence-corrected chi connectivity index (χ2v) is 5.80. The first-order chi connectivity index (χ1) is 7.19. The third kappa shape index (κ3) is 2.47. The normalized spacial score (nSPS) is 41.2. The van der Waals surface area contributed by atoms with Crippen LogP contribution in [0.3, 0.4) is 0 Å². The molecule has 0 saturated heterocycles. The molecule has 1 aliphatic rings. The average molecular weight is 228 g/mol. The fourth-order valence-corrected chi connectivity index (χ4v) is 2.77. The summed E-state index contributed by atoms with van der Waals surface area (Å²) in [5, 5.41) is 29.7. The smallest absolute Gasteiger partial charge is 0.0906 e. The van der Waals surface area contributed by atoms with Gasteiger partial charge in [0, 0.05) is 0 Å². The van der Waals surface area contributed by atoms with Gasteiger partial charge >= 0.3 is 0 Å². The highest BCUT2D eigenvalue weighted by molar-refractivity contribution is 5.14. The van der Waals surface area contributed by atoms with E-state index in [0.29, 0.717) is 12.8 Å². The molecule has 0 spiro atoms. The van der Waals surface area contributed by atoms with Crippen molar-refractivity contribution in [2.75, 3.05) is 0 Å². The van der Waals surface area contributed by atoms with Crippen LogP contribution < -0.4 is 0 Å². The highest BCUT2D eigenvalue weighted by atomic mass is 16.3. The van der Waals surface area contributed by atoms with Crippen molar-refractivity contribution >= 4 is 0 Å². The Morgan fingerprint density at radius 3 is 2.38 bits per heavy atom. The number of aliphatic hydroxyl groups excluding tert-OH is 2. The molecule has 0 aromatic rings. The standard InChI is InChI=1S/C13H24O3/c1-9-7-11(15)8-12(3,4)13(9,16)6-5-10(2)14/h5-6,9-11,14-16H,7-8H2,1-4H3/b6-5+/t9-,10+,11+,13-/m1/s1. The summed E-state index contributed by atoms with van der Waals surface area (Å²) >= 11 is 0. The molecule has 3 heteroatoms. The number of hydrogen-bond acceptors (Lipinski definition) is 3. The van der Waals surface area contributed by atoms with Crippen LogP contribution in [0.25, 0.3) is 0 Å². The topological polar surface area (TPSA) is 60.7 Å². The number of hydrogen-bond donors (Lipinski definition) is 3. The summed E-state index contributed by atoms with van der Waals surface area (Å²) < 4.78 is 0. The van der Waals surface area contributed by atoms with Gasteiger partial charge in [0.05, 0.1) is 17.8 Å². The van der Waals surface area contributed by atoms with E-state index >= 15 is 0 Å². The summed E-state index contributed by atoms with van der Waals surface area (Å²) in [5.41, 5.74) is -1.33. The average Bonchev–Trinajstić information content (AvgIpc) is 2.10. The summed E-state index contributed by atoms with van der Waals surface area (Å²) in [7, 11) is 0. The van der Waals surface area contributed by atoms with Gasteiger partial charge < -0.3 is 15.3 Å². The minimum Gasteiger partial charge on any atom is -0.393 e. The Hall–Kier alpha value is -0.380. The van der Waals surface area contributed by atoms with Crippen molar-refractivity contribution in [2.45, 2.75) is 58.3 Å². The van der Waals surface area contributed by atoms with E-state index < -0.39 is 11.7 Å². The lowest BCUT2D eigenvalue weighted by Crippen LogP contribution is -2.54. The molecule has 3 N–H and O–H groups in total. The van der Waals surface area contributed by atoms with Crippen molar-refractivity contribution in [3.05, 3.63) is 12.2 Å². The van der Waals surface area contributed by atoms with Crippen LogP contribution in [0, 0.1) is 11.3 Å². The van der Waals surface area contributed by atoms with E-state index in [-0.39, 0.29) is 17.4 Å². The predicted molar refractivity (Wildman–Crippen MR) is 64.0 cm³/mol. The van der Waals surface area contributed by atoms with Crippen LogP contribution in [0.15, 0.2) is 12.2 Å². The molecule has 1 fully saturated rings. The lowest BCUT2D eigenvalue weighted by Gasteiger charge is -2.50. The Bertz CT molecular complexity index is 270. The predicted octanol–water partition coefficient (Wildman–Crippen LogP) is 1.47. The molecule has 0 aromatic heterocycles. The zero-order valence-corrected chi connectivity index (χ0v) is 10.6. The fraction of sp³-hybridized carbons (Fsp3) is 0.846. The molecule has 0 amide bonds. The van der Waals surface area contributed by atoms with Gasteiger partial charge in [-0.15, -0.1) is 0 Å². The number of rotatable bonds is 2. The highest BCUT2D eigenvalue weighted by Gasteiger charge is 2.50. The van der Waals surface area contributed by atoms with Gasteiger partial charge in [0.15, 0.2) is 0 Å².